The molecule has 0 saturated heterocycles. The molecule has 6 aliphatic rings. The molecule has 1 aromatic carbocycles. The molecule has 0 aromatic heterocycles. The van der Waals surface area contributed by atoms with E-state index in [1.54, 1.807) is 5.57 Å². The van der Waals surface area contributed by atoms with Crippen molar-refractivity contribution in [2.24, 2.45) is 23.2 Å². The molecule has 0 saturated carbocycles. The van der Waals surface area contributed by atoms with Crippen LogP contribution in [0.5, 0.6) is 0 Å². The molecule has 40 heavy (non-hydrogen) atoms. The zero-order chi connectivity index (χ0) is 27.1. The lowest BCUT2D eigenvalue weighted by Gasteiger charge is -2.44. The van der Waals surface area contributed by atoms with Crippen molar-refractivity contribution in [2.75, 3.05) is 4.90 Å². The summed E-state index contributed by atoms with van der Waals surface area (Å²) in [5.74, 6) is 2.00. The maximum absolute atomic E-state index is 2.70. The summed E-state index contributed by atoms with van der Waals surface area (Å²) < 4.78 is 0. The van der Waals surface area contributed by atoms with Crippen molar-refractivity contribution in [3.8, 4) is 0 Å². The van der Waals surface area contributed by atoms with E-state index >= 15 is 0 Å². The van der Waals surface area contributed by atoms with Gasteiger partial charge >= 0.3 is 0 Å². The predicted octanol–water partition coefficient (Wildman–Crippen LogP) is 9.29. The van der Waals surface area contributed by atoms with E-state index in [9.17, 15) is 0 Å². The average Bonchev–Trinajstić information content (AvgIpc) is 3.34. The first kappa shape index (κ1) is 25.9. The second-order valence-corrected chi connectivity index (χ2v) is 13.4. The lowest BCUT2D eigenvalue weighted by molar-refractivity contribution is 0.264. The lowest BCUT2D eigenvalue weighted by Crippen LogP contribution is -2.44. The Kier molecular flexibility index (Phi) is 6.98. The Bertz CT molecular complexity index is 1310. The number of para-hydroxylation sites is 1. The van der Waals surface area contributed by atoms with E-state index in [1.165, 1.54) is 68.4 Å². The SMILES string of the molecule is CC1C=CC(N(c2ccccc2)C2C=CC(C3(C)C=CC(N4C5=C(CCC=C5)C5CCC=CC54)=CC3)CC2)CC1. The Hall–Kier alpha value is -3.00. The topological polar surface area (TPSA) is 6.48 Å². The molecule has 0 N–H and O–H groups in total. The van der Waals surface area contributed by atoms with Crippen LogP contribution >= 0.6 is 0 Å². The summed E-state index contributed by atoms with van der Waals surface area (Å²) in [7, 11) is 0. The standard InChI is InChI=1S/C38H46N2/c1-28-16-20-31(21-17-28)39(30-10-4-3-5-11-30)32-22-18-29(19-23-32)38(2)26-24-33(25-27-38)40-36-14-8-6-12-34(36)35-13-7-9-15-37(35)40/h3-5,8-11,14-16,18,20,22,24-26,28-29,31-32,34,36H,6-7,12-13,17,19,21,23,27H2,1-2H3. The number of rotatable bonds is 5. The second kappa shape index (κ2) is 10.8. The largest absolute Gasteiger partial charge is 0.359 e. The molecule has 0 fully saturated rings. The van der Waals surface area contributed by atoms with Crippen LogP contribution in [0.25, 0.3) is 0 Å². The van der Waals surface area contributed by atoms with Gasteiger partial charge in [-0.05, 0) is 105 Å². The molecule has 0 spiro atoms. The van der Waals surface area contributed by atoms with Crippen molar-refractivity contribution in [1.82, 2.24) is 4.90 Å². The minimum atomic E-state index is 0.184. The smallest absolute Gasteiger partial charge is 0.0588 e. The maximum atomic E-state index is 2.70. The molecule has 0 bridgehead atoms. The molecule has 1 aromatic rings. The highest BCUT2D eigenvalue weighted by Gasteiger charge is 2.42. The Balaban J connectivity index is 1.09. The van der Waals surface area contributed by atoms with E-state index in [0.717, 1.165) is 6.42 Å². The summed E-state index contributed by atoms with van der Waals surface area (Å²) in [6.45, 7) is 4.84. The molecule has 0 radical (unpaired) electrons. The summed E-state index contributed by atoms with van der Waals surface area (Å²) in [5.41, 5.74) is 6.18. The van der Waals surface area contributed by atoms with Crippen LogP contribution in [0.3, 0.4) is 0 Å². The van der Waals surface area contributed by atoms with Gasteiger partial charge in [-0.1, -0.05) is 86.7 Å². The second-order valence-electron chi connectivity index (χ2n) is 13.4. The molecule has 7 unspecified atom stereocenters. The van der Waals surface area contributed by atoms with Crippen molar-refractivity contribution in [3.63, 3.8) is 0 Å². The van der Waals surface area contributed by atoms with Crippen molar-refractivity contribution in [3.05, 3.63) is 114 Å². The zero-order valence-electron chi connectivity index (χ0n) is 24.5. The number of allylic oxidation sites excluding steroid dienone is 8. The number of hydrogen-bond acceptors (Lipinski definition) is 2. The molecule has 2 heteroatoms. The third-order valence-electron chi connectivity index (χ3n) is 10.8. The van der Waals surface area contributed by atoms with Crippen molar-refractivity contribution in [1.29, 1.82) is 0 Å². The molecule has 7 atom stereocenters. The van der Waals surface area contributed by atoms with Crippen LogP contribution in [0.2, 0.25) is 0 Å². The first-order valence-electron chi connectivity index (χ1n) is 16.1. The molecule has 208 valence electrons. The quantitative estimate of drug-likeness (QED) is 0.350. The molecule has 0 amide bonds. The number of benzene rings is 1. The fourth-order valence-electron chi connectivity index (χ4n) is 8.40. The Labute approximate surface area is 242 Å². The van der Waals surface area contributed by atoms with Gasteiger partial charge in [-0.15, -0.1) is 0 Å². The van der Waals surface area contributed by atoms with E-state index < -0.39 is 0 Å². The van der Waals surface area contributed by atoms with Crippen LogP contribution in [0.1, 0.15) is 71.6 Å². The van der Waals surface area contributed by atoms with Gasteiger partial charge in [-0.2, -0.15) is 0 Å². The maximum Gasteiger partial charge on any atom is 0.0588 e. The summed E-state index contributed by atoms with van der Waals surface area (Å²) in [4.78, 5) is 5.38. The van der Waals surface area contributed by atoms with Crippen molar-refractivity contribution < 1.29 is 0 Å². The van der Waals surface area contributed by atoms with Crippen molar-refractivity contribution >= 4 is 5.69 Å². The van der Waals surface area contributed by atoms with Gasteiger partial charge in [0.1, 0.15) is 0 Å². The first-order valence-corrected chi connectivity index (χ1v) is 16.1. The summed E-state index contributed by atoms with van der Waals surface area (Å²) in [6, 6.07) is 12.6. The number of anilines is 1. The molecular weight excluding hydrogens is 484 g/mol. The monoisotopic (exact) mass is 530 g/mol. The molecule has 1 aliphatic heterocycles. The highest BCUT2D eigenvalue weighted by Crippen LogP contribution is 2.49. The van der Waals surface area contributed by atoms with Gasteiger partial charge in [0.25, 0.3) is 0 Å². The van der Waals surface area contributed by atoms with Crippen LogP contribution in [-0.2, 0) is 0 Å². The van der Waals surface area contributed by atoms with E-state index in [2.05, 4.69) is 121 Å². The lowest BCUT2D eigenvalue weighted by atomic mass is 9.68. The van der Waals surface area contributed by atoms with Gasteiger partial charge in [0.05, 0.1) is 6.04 Å². The number of hydrogen-bond donors (Lipinski definition) is 0. The summed E-state index contributed by atoms with van der Waals surface area (Å²) in [6.07, 6.45) is 38.4. The number of fused-ring (bicyclic) bond motifs is 2. The Morgan fingerprint density at radius 3 is 2.38 bits per heavy atom. The Morgan fingerprint density at radius 1 is 0.825 bits per heavy atom. The van der Waals surface area contributed by atoms with E-state index in [1.807, 2.05) is 0 Å². The van der Waals surface area contributed by atoms with Crippen LogP contribution in [-0.4, -0.2) is 23.0 Å². The van der Waals surface area contributed by atoms with Crippen molar-refractivity contribution in [2.45, 2.75) is 89.8 Å². The molecule has 5 aliphatic carbocycles. The normalized spacial score (nSPS) is 36.5. The highest BCUT2D eigenvalue weighted by molar-refractivity contribution is 5.51. The fourth-order valence-corrected chi connectivity index (χ4v) is 8.40. The van der Waals surface area contributed by atoms with E-state index in [-0.39, 0.29) is 5.41 Å². The zero-order valence-corrected chi connectivity index (χ0v) is 24.5. The number of nitrogens with zero attached hydrogens (tertiary/aromatic N) is 2. The molecule has 1 heterocycles. The van der Waals surface area contributed by atoms with Crippen LogP contribution in [0.4, 0.5) is 5.69 Å². The highest BCUT2D eigenvalue weighted by atomic mass is 15.2. The summed E-state index contributed by atoms with van der Waals surface area (Å²) in [5, 5.41) is 0. The van der Waals surface area contributed by atoms with Crippen LogP contribution in [0.15, 0.2) is 114 Å². The minimum Gasteiger partial charge on any atom is -0.359 e. The van der Waals surface area contributed by atoms with E-state index in [0.29, 0.717) is 35.9 Å². The third kappa shape index (κ3) is 4.68. The van der Waals surface area contributed by atoms with Gasteiger partial charge < -0.3 is 9.80 Å². The molecule has 7 rings (SSSR count). The average molecular weight is 531 g/mol. The first-order chi connectivity index (χ1) is 19.6. The third-order valence-corrected chi connectivity index (χ3v) is 10.8. The van der Waals surface area contributed by atoms with Gasteiger partial charge in [-0.25, -0.2) is 0 Å². The van der Waals surface area contributed by atoms with Crippen LogP contribution < -0.4 is 4.90 Å². The van der Waals surface area contributed by atoms with Gasteiger partial charge in [0.15, 0.2) is 0 Å². The Morgan fingerprint density at radius 2 is 1.65 bits per heavy atom. The van der Waals surface area contributed by atoms with Gasteiger partial charge in [0, 0.05) is 35.1 Å². The van der Waals surface area contributed by atoms with Gasteiger partial charge in [-0.3, -0.25) is 0 Å². The molecular formula is C38H46N2. The minimum absolute atomic E-state index is 0.184. The van der Waals surface area contributed by atoms with E-state index in [4.69, 9.17) is 0 Å². The fraction of sp³-hybridized carbons (Fsp3) is 0.474. The summed E-state index contributed by atoms with van der Waals surface area (Å²) >= 11 is 0. The van der Waals surface area contributed by atoms with Crippen LogP contribution in [0, 0.1) is 23.2 Å². The molecule has 2 nitrogen and oxygen atoms in total. The predicted molar refractivity (Wildman–Crippen MR) is 169 cm³/mol. The van der Waals surface area contributed by atoms with Gasteiger partial charge in [0.2, 0.25) is 0 Å².